The first-order valence-electron chi connectivity index (χ1n) is 8.36. The van der Waals surface area contributed by atoms with Gasteiger partial charge in [-0.3, -0.25) is 0 Å². The average molecular weight is 427 g/mol. The van der Waals surface area contributed by atoms with Crippen molar-refractivity contribution >= 4 is 27.0 Å². The monoisotopic (exact) mass is 427 g/mol. The topological polar surface area (TPSA) is 96.6 Å². The molecule has 1 unspecified atom stereocenters. The molecule has 0 amide bonds. The fourth-order valence-electron chi connectivity index (χ4n) is 3.07. The maximum absolute atomic E-state index is 13.2. The summed E-state index contributed by atoms with van der Waals surface area (Å²) >= 11 is 0. The summed E-state index contributed by atoms with van der Waals surface area (Å²) in [6.07, 6.45) is -4.63. The van der Waals surface area contributed by atoms with Crippen LogP contribution in [-0.2, 0) is 16.2 Å². The van der Waals surface area contributed by atoms with E-state index in [1.807, 2.05) is 0 Å². The second kappa shape index (κ2) is 7.20. The standard InChI is InChI=1S/C19H16F3NO5S/c1-10-14-9-12(7-8-16(14)28-17(10)18(24)25)29(26,27)23-11(2)13-5-3-4-6-15(13)19(20,21)22/h3-9,11,23H,1-2H3,(H,24,25). The number of carboxylic acid groups (broad SMARTS) is 1. The number of carbonyl (C=O) groups is 1. The number of halogens is 3. The summed E-state index contributed by atoms with van der Waals surface area (Å²) in [6, 6.07) is 7.28. The van der Waals surface area contributed by atoms with Crippen molar-refractivity contribution in [1.82, 2.24) is 4.72 Å². The number of rotatable bonds is 5. The number of fused-ring (bicyclic) bond motifs is 1. The van der Waals surface area contributed by atoms with Gasteiger partial charge in [0.1, 0.15) is 5.58 Å². The number of hydrogen-bond acceptors (Lipinski definition) is 4. The van der Waals surface area contributed by atoms with Gasteiger partial charge >= 0.3 is 12.1 Å². The Bertz CT molecular complexity index is 1200. The molecule has 0 aliphatic carbocycles. The van der Waals surface area contributed by atoms with Crippen molar-refractivity contribution in [3.8, 4) is 0 Å². The molecule has 6 nitrogen and oxygen atoms in total. The summed E-state index contributed by atoms with van der Waals surface area (Å²) in [5.41, 5.74) is -0.700. The largest absolute Gasteiger partial charge is 0.475 e. The van der Waals surface area contributed by atoms with Gasteiger partial charge in [-0.05, 0) is 43.7 Å². The van der Waals surface area contributed by atoms with Crippen LogP contribution in [0.25, 0.3) is 11.0 Å². The van der Waals surface area contributed by atoms with E-state index in [-0.39, 0.29) is 32.8 Å². The van der Waals surface area contributed by atoms with E-state index < -0.39 is 33.8 Å². The Morgan fingerprint density at radius 2 is 1.83 bits per heavy atom. The molecule has 0 saturated carbocycles. The molecule has 0 radical (unpaired) electrons. The van der Waals surface area contributed by atoms with Crippen molar-refractivity contribution in [2.24, 2.45) is 0 Å². The third kappa shape index (κ3) is 3.99. The van der Waals surface area contributed by atoms with Crippen LogP contribution in [0.3, 0.4) is 0 Å². The van der Waals surface area contributed by atoms with Gasteiger partial charge in [-0.15, -0.1) is 0 Å². The van der Waals surface area contributed by atoms with E-state index in [0.717, 1.165) is 6.07 Å². The maximum Gasteiger partial charge on any atom is 0.416 e. The molecule has 0 saturated heterocycles. The zero-order valence-corrected chi connectivity index (χ0v) is 16.1. The molecule has 0 aliphatic rings. The van der Waals surface area contributed by atoms with Crippen LogP contribution in [-0.4, -0.2) is 19.5 Å². The fourth-order valence-corrected chi connectivity index (χ4v) is 4.32. The molecule has 3 aromatic rings. The highest BCUT2D eigenvalue weighted by Crippen LogP contribution is 2.35. The Kier molecular flexibility index (Phi) is 5.18. The second-order valence-corrected chi connectivity index (χ2v) is 8.16. The van der Waals surface area contributed by atoms with E-state index in [1.165, 1.54) is 50.2 Å². The zero-order chi connectivity index (χ0) is 21.6. The second-order valence-electron chi connectivity index (χ2n) is 6.45. The Balaban J connectivity index is 1.98. The highest BCUT2D eigenvalue weighted by molar-refractivity contribution is 7.89. The first kappa shape index (κ1) is 20.9. The third-order valence-corrected chi connectivity index (χ3v) is 6.02. The van der Waals surface area contributed by atoms with Gasteiger partial charge in [-0.1, -0.05) is 18.2 Å². The predicted molar refractivity (Wildman–Crippen MR) is 98.1 cm³/mol. The fraction of sp³-hybridized carbons (Fsp3) is 0.211. The van der Waals surface area contributed by atoms with E-state index in [0.29, 0.717) is 0 Å². The van der Waals surface area contributed by atoms with Gasteiger partial charge in [0.15, 0.2) is 0 Å². The minimum atomic E-state index is -4.63. The van der Waals surface area contributed by atoms with Crippen LogP contribution in [0.1, 0.15) is 40.2 Å². The first-order chi connectivity index (χ1) is 13.4. The molecule has 0 aliphatic heterocycles. The van der Waals surface area contributed by atoms with Crippen LogP contribution in [0.4, 0.5) is 13.2 Å². The molecule has 0 bridgehead atoms. The molecule has 154 valence electrons. The van der Waals surface area contributed by atoms with Gasteiger partial charge in [0.2, 0.25) is 15.8 Å². The summed E-state index contributed by atoms with van der Waals surface area (Å²) in [6.45, 7) is 2.79. The molecule has 2 aromatic carbocycles. The molecule has 29 heavy (non-hydrogen) atoms. The summed E-state index contributed by atoms with van der Waals surface area (Å²) in [5, 5.41) is 9.40. The van der Waals surface area contributed by atoms with Crippen molar-refractivity contribution < 1.29 is 35.9 Å². The maximum atomic E-state index is 13.2. The van der Waals surface area contributed by atoms with Crippen LogP contribution < -0.4 is 4.72 Å². The van der Waals surface area contributed by atoms with Gasteiger partial charge in [0, 0.05) is 17.0 Å². The molecule has 1 aromatic heterocycles. The smallest absolute Gasteiger partial charge is 0.416 e. The molecule has 3 rings (SSSR count). The Morgan fingerprint density at radius 3 is 2.45 bits per heavy atom. The van der Waals surface area contributed by atoms with Crippen molar-refractivity contribution in [1.29, 1.82) is 0 Å². The Morgan fingerprint density at radius 1 is 1.17 bits per heavy atom. The number of hydrogen-bond donors (Lipinski definition) is 2. The normalized spacial score (nSPS) is 13.6. The summed E-state index contributed by atoms with van der Waals surface area (Å²) in [7, 11) is -4.20. The van der Waals surface area contributed by atoms with E-state index in [2.05, 4.69) is 4.72 Å². The minimum Gasteiger partial charge on any atom is -0.475 e. The molecule has 1 heterocycles. The van der Waals surface area contributed by atoms with Gasteiger partial charge < -0.3 is 9.52 Å². The van der Waals surface area contributed by atoms with Crippen molar-refractivity contribution in [3.63, 3.8) is 0 Å². The summed E-state index contributed by atoms with van der Waals surface area (Å²) in [5.74, 6) is -1.60. The first-order valence-corrected chi connectivity index (χ1v) is 9.85. The summed E-state index contributed by atoms with van der Waals surface area (Å²) in [4.78, 5) is 11.0. The van der Waals surface area contributed by atoms with E-state index in [1.54, 1.807) is 0 Å². The molecule has 2 N–H and O–H groups in total. The number of furan rings is 1. The number of carboxylic acids is 1. The highest BCUT2D eigenvalue weighted by atomic mass is 32.2. The van der Waals surface area contributed by atoms with Crippen LogP contribution >= 0.6 is 0 Å². The number of alkyl halides is 3. The number of aromatic carboxylic acids is 1. The highest BCUT2D eigenvalue weighted by Gasteiger charge is 2.35. The Labute approximate surface area is 164 Å². The van der Waals surface area contributed by atoms with Gasteiger partial charge in [0.05, 0.1) is 10.5 Å². The molecule has 0 spiro atoms. The van der Waals surface area contributed by atoms with Crippen LogP contribution in [0, 0.1) is 6.92 Å². The molecule has 10 heteroatoms. The quantitative estimate of drug-likeness (QED) is 0.625. The number of aryl methyl sites for hydroxylation is 1. The molecule has 0 fully saturated rings. The predicted octanol–water partition coefficient (Wildman–Crippen LogP) is 4.50. The van der Waals surface area contributed by atoms with Crippen molar-refractivity contribution in [2.75, 3.05) is 0 Å². The minimum absolute atomic E-state index is 0.189. The number of nitrogens with one attached hydrogen (secondary N) is 1. The van der Waals surface area contributed by atoms with Crippen LogP contribution in [0.15, 0.2) is 51.8 Å². The van der Waals surface area contributed by atoms with Gasteiger partial charge in [-0.25, -0.2) is 17.9 Å². The third-order valence-electron chi connectivity index (χ3n) is 4.48. The molecule has 1 atom stereocenters. The van der Waals surface area contributed by atoms with E-state index in [4.69, 9.17) is 9.52 Å². The van der Waals surface area contributed by atoms with Crippen molar-refractivity contribution in [2.45, 2.75) is 31.0 Å². The molecular formula is C19H16F3NO5S. The Hall–Kier alpha value is -2.85. The van der Waals surface area contributed by atoms with Gasteiger partial charge in [-0.2, -0.15) is 13.2 Å². The number of benzene rings is 2. The average Bonchev–Trinajstić information content (AvgIpc) is 2.97. The lowest BCUT2D eigenvalue weighted by Gasteiger charge is -2.19. The SMILES string of the molecule is Cc1c(C(=O)O)oc2ccc(S(=O)(=O)NC(C)c3ccccc3C(F)(F)F)cc12. The lowest BCUT2D eigenvalue weighted by molar-refractivity contribution is -0.138. The summed E-state index contributed by atoms with van der Waals surface area (Å²) < 4.78 is 72.5. The van der Waals surface area contributed by atoms with Crippen LogP contribution in [0.2, 0.25) is 0 Å². The number of sulfonamides is 1. The van der Waals surface area contributed by atoms with E-state index >= 15 is 0 Å². The zero-order valence-electron chi connectivity index (χ0n) is 15.2. The van der Waals surface area contributed by atoms with Gasteiger partial charge in [0.25, 0.3) is 0 Å². The lowest BCUT2D eigenvalue weighted by atomic mass is 10.0. The van der Waals surface area contributed by atoms with E-state index in [9.17, 15) is 26.4 Å². The van der Waals surface area contributed by atoms with Crippen molar-refractivity contribution in [3.05, 3.63) is 64.9 Å². The lowest BCUT2D eigenvalue weighted by Crippen LogP contribution is -2.28. The van der Waals surface area contributed by atoms with Crippen LogP contribution in [0.5, 0.6) is 0 Å². The molecular weight excluding hydrogens is 411 g/mol.